The van der Waals surface area contributed by atoms with Crippen molar-refractivity contribution in [3.8, 4) is 0 Å². The van der Waals surface area contributed by atoms with Gasteiger partial charge in [-0.15, -0.1) is 0 Å². The Bertz CT molecular complexity index is 746. The molecular formula is C15H13ClN4O2. The van der Waals surface area contributed by atoms with Crippen LogP contribution < -0.4 is 5.73 Å². The molecule has 1 aliphatic heterocycles. The molecule has 2 N–H and O–H groups in total. The number of primary amides is 1. The second-order valence-corrected chi connectivity index (χ2v) is 5.45. The summed E-state index contributed by atoms with van der Waals surface area (Å²) in [6.45, 7) is 0.910. The smallest absolute Gasteiger partial charge is 0.286 e. The van der Waals surface area contributed by atoms with Crippen molar-refractivity contribution < 1.29 is 9.59 Å². The molecule has 0 atom stereocenters. The molecule has 0 bridgehead atoms. The van der Waals surface area contributed by atoms with Gasteiger partial charge in [0.15, 0.2) is 0 Å². The van der Waals surface area contributed by atoms with Crippen molar-refractivity contribution in [1.29, 1.82) is 0 Å². The van der Waals surface area contributed by atoms with Gasteiger partial charge in [0.05, 0.1) is 12.2 Å². The minimum atomic E-state index is -0.677. The molecule has 0 saturated heterocycles. The van der Waals surface area contributed by atoms with Crippen molar-refractivity contribution in [2.75, 3.05) is 6.54 Å². The first-order chi connectivity index (χ1) is 10.5. The van der Waals surface area contributed by atoms with Crippen LogP contribution in [0.25, 0.3) is 0 Å². The number of halogens is 1. The lowest BCUT2D eigenvalue weighted by atomic mass is 10.1. The molecule has 6 nitrogen and oxygen atoms in total. The molecule has 2 heterocycles. The van der Waals surface area contributed by atoms with Gasteiger partial charge in [-0.3, -0.25) is 9.59 Å². The Morgan fingerprint density at radius 2 is 1.95 bits per heavy atom. The largest absolute Gasteiger partial charge is 0.363 e. The number of hydrogen-bond acceptors (Lipinski definition) is 4. The third kappa shape index (κ3) is 2.78. The molecule has 2 amide bonds. The molecule has 112 valence electrons. The average Bonchev–Trinajstić information content (AvgIpc) is 2.53. The Hall–Kier alpha value is -2.47. The summed E-state index contributed by atoms with van der Waals surface area (Å²) in [5, 5.41) is 0.583. The van der Waals surface area contributed by atoms with Crippen LogP contribution in [0.2, 0.25) is 5.02 Å². The zero-order valence-electron chi connectivity index (χ0n) is 11.6. The fourth-order valence-electron chi connectivity index (χ4n) is 2.37. The fourth-order valence-corrected chi connectivity index (χ4v) is 2.50. The van der Waals surface area contributed by atoms with Gasteiger partial charge in [0, 0.05) is 23.3 Å². The highest BCUT2D eigenvalue weighted by atomic mass is 35.5. The minimum Gasteiger partial charge on any atom is -0.363 e. The summed E-state index contributed by atoms with van der Waals surface area (Å²) in [6, 6.07) is 6.74. The van der Waals surface area contributed by atoms with Gasteiger partial charge in [0.25, 0.3) is 11.8 Å². The number of rotatable bonds is 2. The Morgan fingerprint density at radius 3 is 2.64 bits per heavy atom. The van der Waals surface area contributed by atoms with Crippen molar-refractivity contribution in [2.24, 2.45) is 5.73 Å². The summed E-state index contributed by atoms with van der Waals surface area (Å²) in [4.78, 5) is 33.4. The molecule has 1 aromatic heterocycles. The molecule has 0 aliphatic carbocycles. The maximum atomic E-state index is 12.5. The second kappa shape index (κ2) is 5.73. The van der Waals surface area contributed by atoms with E-state index < -0.39 is 5.91 Å². The first-order valence-electron chi connectivity index (χ1n) is 6.74. The molecule has 0 unspecified atom stereocenters. The molecule has 3 rings (SSSR count). The quantitative estimate of drug-likeness (QED) is 0.907. The Kier molecular flexibility index (Phi) is 3.77. The predicted octanol–water partition coefficient (Wildman–Crippen LogP) is 1.43. The van der Waals surface area contributed by atoms with E-state index in [-0.39, 0.29) is 11.7 Å². The lowest BCUT2D eigenvalue weighted by Crippen LogP contribution is -2.37. The van der Waals surface area contributed by atoms with Crippen LogP contribution in [-0.2, 0) is 13.0 Å². The molecule has 0 radical (unpaired) electrons. The van der Waals surface area contributed by atoms with Gasteiger partial charge in [0.1, 0.15) is 0 Å². The minimum absolute atomic E-state index is 0.0282. The Labute approximate surface area is 131 Å². The van der Waals surface area contributed by atoms with Crippen LogP contribution in [0.5, 0.6) is 0 Å². The molecule has 1 aliphatic rings. The summed E-state index contributed by atoms with van der Waals surface area (Å²) < 4.78 is 0. The monoisotopic (exact) mass is 316 g/mol. The highest BCUT2D eigenvalue weighted by molar-refractivity contribution is 6.30. The highest BCUT2D eigenvalue weighted by Gasteiger charge is 2.24. The standard InChI is InChI=1S/C15H13ClN4O2/c16-11-3-1-9(2-4-11)15(22)20-6-5-10-7-18-14(13(17)21)19-12(10)8-20/h1-4,7H,5-6,8H2,(H2,17,21). The van der Waals surface area contributed by atoms with Crippen molar-refractivity contribution >= 4 is 23.4 Å². The molecule has 0 fully saturated rings. The van der Waals surface area contributed by atoms with E-state index in [9.17, 15) is 9.59 Å². The Balaban J connectivity index is 1.84. The summed E-state index contributed by atoms with van der Waals surface area (Å²) in [5.41, 5.74) is 7.36. The van der Waals surface area contributed by atoms with Crippen LogP contribution in [0.15, 0.2) is 30.5 Å². The van der Waals surface area contributed by atoms with Crippen LogP contribution >= 0.6 is 11.6 Å². The first-order valence-corrected chi connectivity index (χ1v) is 7.12. The van der Waals surface area contributed by atoms with E-state index >= 15 is 0 Å². The van der Waals surface area contributed by atoms with E-state index in [0.29, 0.717) is 35.8 Å². The van der Waals surface area contributed by atoms with Crippen LogP contribution in [0.1, 0.15) is 32.2 Å². The number of aromatic nitrogens is 2. The number of nitrogens with two attached hydrogens (primary N) is 1. The van der Waals surface area contributed by atoms with Gasteiger partial charge in [0.2, 0.25) is 5.82 Å². The number of benzene rings is 1. The van der Waals surface area contributed by atoms with E-state index in [2.05, 4.69) is 9.97 Å². The van der Waals surface area contributed by atoms with Gasteiger partial charge < -0.3 is 10.6 Å². The van der Waals surface area contributed by atoms with Crippen LogP contribution in [-0.4, -0.2) is 33.2 Å². The summed E-state index contributed by atoms with van der Waals surface area (Å²) in [6.07, 6.45) is 2.25. The Morgan fingerprint density at radius 1 is 1.23 bits per heavy atom. The topological polar surface area (TPSA) is 89.2 Å². The van der Waals surface area contributed by atoms with Crippen LogP contribution in [0.4, 0.5) is 0 Å². The lowest BCUT2D eigenvalue weighted by molar-refractivity contribution is 0.0731. The molecule has 0 spiro atoms. The van der Waals surface area contributed by atoms with Gasteiger partial charge in [-0.25, -0.2) is 9.97 Å². The molecular weight excluding hydrogens is 304 g/mol. The normalized spacial score (nSPS) is 13.6. The number of carbonyl (C=O) groups is 2. The van der Waals surface area contributed by atoms with Crippen molar-refractivity contribution in [1.82, 2.24) is 14.9 Å². The zero-order valence-corrected chi connectivity index (χ0v) is 12.4. The summed E-state index contributed by atoms with van der Waals surface area (Å²) in [7, 11) is 0. The number of nitrogens with zero attached hydrogens (tertiary/aromatic N) is 3. The van der Waals surface area contributed by atoms with E-state index in [0.717, 1.165) is 5.56 Å². The third-order valence-electron chi connectivity index (χ3n) is 3.54. The number of amides is 2. The second-order valence-electron chi connectivity index (χ2n) is 5.01. The lowest BCUT2D eigenvalue weighted by Gasteiger charge is -2.28. The van der Waals surface area contributed by atoms with Gasteiger partial charge in [-0.05, 0) is 36.2 Å². The number of carbonyl (C=O) groups excluding carboxylic acids is 2. The predicted molar refractivity (Wildman–Crippen MR) is 80.4 cm³/mol. The average molecular weight is 317 g/mol. The molecule has 7 heteroatoms. The van der Waals surface area contributed by atoms with Gasteiger partial charge >= 0.3 is 0 Å². The van der Waals surface area contributed by atoms with Gasteiger partial charge in [-0.1, -0.05) is 11.6 Å². The molecule has 22 heavy (non-hydrogen) atoms. The van der Waals surface area contributed by atoms with E-state index in [1.807, 2.05) is 0 Å². The summed E-state index contributed by atoms with van der Waals surface area (Å²) >= 11 is 5.83. The molecule has 2 aromatic rings. The summed E-state index contributed by atoms with van der Waals surface area (Å²) in [5.74, 6) is -0.801. The molecule has 1 aromatic carbocycles. The molecule has 0 saturated carbocycles. The zero-order chi connectivity index (χ0) is 15.7. The highest BCUT2D eigenvalue weighted by Crippen LogP contribution is 2.19. The third-order valence-corrected chi connectivity index (χ3v) is 3.80. The van der Waals surface area contributed by atoms with Crippen molar-refractivity contribution in [3.05, 3.63) is 58.1 Å². The maximum absolute atomic E-state index is 12.5. The fraction of sp³-hybridized carbons (Fsp3) is 0.200. The van der Waals surface area contributed by atoms with E-state index in [1.54, 1.807) is 35.4 Å². The van der Waals surface area contributed by atoms with Crippen molar-refractivity contribution in [3.63, 3.8) is 0 Å². The maximum Gasteiger partial charge on any atom is 0.286 e. The SMILES string of the molecule is NC(=O)c1ncc2c(n1)CN(C(=O)c1ccc(Cl)cc1)CC2. The van der Waals surface area contributed by atoms with Crippen LogP contribution in [0.3, 0.4) is 0 Å². The van der Waals surface area contributed by atoms with Gasteiger partial charge in [-0.2, -0.15) is 0 Å². The van der Waals surface area contributed by atoms with Crippen molar-refractivity contribution in [2.45, 2.75) is 13.0 Å². The number of fused-ring (bicyclic) bond motifs is 1. The first kappa shape index (κ1) is 14.5. The van der Waals surface area contributed by atoms with E-state index in [4.69, 9.17) is 17.3 Å². The van der Waals surface area contributed by atoms with Crippen LogP contribution in [0, 0.1) is 0 Å². The van der Waals surface area contributed by atoms with E-state index in [1.165, 1.54) is 0 Å². The number of hydrogen-bond donors (Lipinski definition) is 1.